The normalized spacial score (nSPS) is 11.1. The molecule has 0 saturated heterocycles. The van der Waals surface area contributed by atoms with Crippen molar-refractivity contribution in [3.05, 3.63) is 110 Å². The van der Waals surface area contributed by atoms with Crippen LogP contribution in [-0.4, -0.2) is 45.3 Å². The van der Waals surface area contributed by atoms with Crippen molar-refractivity contribution >= 4 is 35.4 Å². The molecule has 2 amide bonds. The molecule has 4 aromatic rings. The van der Waals surface area contributed by atoms with Crippen LogP contribution in [0.3, 0.4) is 0 Å². The molecule has 1 aromatic heterocycles. The number of nitrogens with one attached hydrogen (secondary N) is 2. The number of benzene rings is 3. The number of nitrogen functional groups attached to an aromatic ring is 1. The first-order chi connectivity index (χ1) is 23.4. The van der Waals surface area contributed by atoms with E-state index in [9.17, 15) is 24.5 Å². The Hall–Kier alpha value is -6.05. The van der Waals surface area contributed by atoms with Gasteiger partial charge in [-0.3, -0.25) is 24.3 Å². The molecule has 0 aliphatic carbocycles. The lowest BCUT2D eigenvalue weighted by Gasteiger charge is -2.17. The minimum atomic E-state index is -0.763. The smallest absolute Gasteiger partial charge is 0.433 e. The number of amides is 2. The number of rotatable bonds is 14. The molecule has 0 atom stereocenters. The SMILES string of the molecule is CC(C)COc1cc(-c2cnc(NC(C)C)c(=O)n2CC(=O)NCc2ccc(/C=N\C(=O)OCc3ccccc3)c(N)c2)cc([N+](=O)[O-])c1. The number of non-ortho nitro benzene ring substituents is 1. The molecule has 4 N–H and O–H groups in total. The van der Waals surface area contributed by atoms with Crippen LogP contribution in [0.25, 0.3) is 11.3 Å². The number of carbonyl (C=O) groups excluding carboxylic acids is 2. The number of nitrogens with two attached hydrogens (primary N) is 1. The minimum Gasteiger partial charge on any atom is -0.493 e. The zero-order valence-electron chi connectivity index (χ0n) is 27.7. The number of nitro benzene ring substituents is 1. The molecule has 0 aliphatic rings. The molecule has 256 valence electrons. The van der Waals surface area contributed by atoms with Gasteiger partial charge in [-0.25, -0.2) is 9.78 Å². The van der Waals surface area contributed by atoms with E-state index < -0.39 is 29.0 Å². The second kappa shape index (κ2) is 16.7. The van der Waals surface area contributed by atoms with E-state index in [0.29, 0.717) is 23.4 Å². The van der Waals surface area contributed by atoms with Gasteiger partial charge in [0.15, 0.2) is 5.82 Å². The highest BCUT2D eigenvalue weighted by molar-refractivity contribution is 5.93. The fraction of sp³-hybridized carbons (Fsp3) is 0.286. The number of nitro groups is 1. The first kappa shape index (κ1) is 35.8. The number of anilines is 2. The van der Waals surface area contributed by atoms with E-state index in [4.69, 9.17) is 15.2 Å². The third-order valence-corrected chi connectivity index (χ3v) is 6.92. The Bertz CT molecular complexity index is 1890. The lowest BCUT2D eigenvalue weighted by molar-refractivity contribution is -0.384. The summed E-state index contributed by atoms with van der Waals surface area (Å²) >= 11 is 0. The summed E-state index contributed by atoms with van der Waals surface area (Å²) in [5, 5.41) is 17.5. The van der Waals surface area contributed by atoms with Gasteiger partial charge in [0.1, 0.15) is 18.9 Å². The highest BCUT2D eigenvalue weighted by Crippen LogP contribution is 2.30. The van der Waals surface area contributed by atoms with Gasteiger partial charge < -0.3 is 25.8 Å². The Morgan fingerprint density at radius 2 is 1.82 bits per heavy atom. The van der Waals surface area contributed by atoms with Gasteiger partial charge in [0.2, 0.25) is 5.91 Å². The average molecular weight is 670 g/mol. The molecular formula is C35H39N7O7. The van der Waals surface area contributed by atoms with Gasteiger partial charge in [0.25, 0.3) is 11.2 Å². The Balaban J connectivity index is 1.50. The van der Waals surface area contributed by atoms with Crippen LogP contribution in [-0.2, 0) is 29.2 Å². The minimum absolute atomic E-state index is 0.0298. The van der Waals surface area contributed by atoms with Crippen molar-refractivity contribution in [1.82, 2.24) is 14.9 Å². The summed E-state index contributed by atoms with van der Waals surface area (Å²) < 4.78 is 12.1. The summed E-state index contributed by atoms with van der Waals surface area (Å²) in [7, 11) is 0. The van der Waals surface area contributed by atoms with E-state index in [2.05, 4.69) is 20.6 Å². The Morgan fingerprint density at radius 1 is 1.06 bits per heavy atom. The summed E-state index contributed by atoms with van der Waals surface area (Å²) in [6.45, 7) is 7.66. The summed E-state index contributed by atoms with van der Waals surface area (Å²) in [6, 6.07) is 18.3. The van der Waals surface area contributed by atoms with E-state index in [1.807, 2.05) is 58.0 Å². The molecule has 0 unspecified atom stereocenters. The quantitative estimate of drug-likeness (QED) is 0.0684. The van der Waals surface area contributed by atoms with Crippen LogP contribution in [0.15, 0.2) is 82.7 Å². The second-order valence-electron chi connectivity index (χ2n) is 11.9. The van der Waals surface area contributed by atoms with Gasteiger partial charge in [-0.2, -0.15) is 4.99 Å². The third kappa shape index (κ3) is 10.5. The van der Waals surface area contributed by atoms with Crippen LogP contribution in [0, 0.1) is 16.0 Å². The molecule has 49 heavy (non-hydrogen) atoms. The highest BCUT2D eigenvalue weighted by atomic mass is 16.6. The van der Waals surface area contributed by atoms with E-state index in [-0.39, 0.29) is 53.6 Å². The maximum atomic E-state index is 13.6. The van der Waals surface area contributed by atoms with Crippen molar-refractivity contribution in [2.45, 2.75) is 53.4 Å². The molecule has 4 rings (SSSR count). The number of nitrogens with zero attached hydrogens (tertiary/aromatic N) is 4. The summed E-state index contributed by atoms with van der Waals surface area (Å²) in [6.07, 6.45) is 1.93. The Labute approximate surface area is 283 Å². The van der Waals surface area contributed by atoms with Gasteiger partial charge in [0, 0.05) is 41.7 Å². The predicted molar refractivity (Wildman–Crippen MR) is 187 cm³/mol. The molecular weight excluding hydrogens is 630 g/mol. The lowest BCUT2D eigenvalue weighted by Crippen LogP contribution is -2.35. The van der Waals surface area contributed by atoms with E-state index in [0.717, 1.165) is 5.56 Å². The number of carbonyl (C=O) groups is 2. The fourth-order valence-electron chi connectivity index (χ4n) is 4.56. The van der Waals surface area contributed by atoms with Crippen molar-refractivity contribution in [2.24, 2.45) is 10.9 Å². The molecule has 0 saturated carbocycles. The van der Waals surface area contributed by atoms with Gasteiger partial charge in [-0.05, 0) is 43.0 Å². The maximum absolute atomic E-state index is 13.6. The van der Waals surface area contributed by atoms with Crippen LogP contribution in [0.1, 0.15) is 44.4 Å². The van der Waals surface area contributed by atoms with Crippen LogP contribution in [0.5, 0.6) is 5.75 Å². The van der Waals surface area contributed by atoms with Gasteiger partial charge in [-0.1, -0.05) is 56.3 Å². The summed E-state index contributed by atoms with van der Waals surface area (Å²) in [5.74, 6) is -0.0541. The first-order valence-corrected chi connectivity index (χ1v) is 15.6. The zero-order chi connectivity index (χ0) is 35.5. The molecule has 3 aromatic carbocycles. The third-order valence-electron chi connectivity index (χ3n) is 6.92. The van der Waals surface area contributed by atoms with Crippen LogP contribution >= 0.6 is 0 Å². The number of aliphatic imine (C=N–C) groups is 1. The molecule has 14 nitrogen and oxygen atoms in total. The van der Waals surface area contributed by atoms with Crippen molar-refractivity contribution < 1.29 is 24.0 Å². The van der Waals surface area contributed by atoms with Crippen LogP contribution in [0.2, 0.25) is 0 Å². The molecule has 1 heterocycles. The van der Waals surface area contributed by atoms with Crippen molar-refractivity contribution in [3.8, 4) is 17.0 Å². The monoisotopic (exact) mass is 669 g/mol. The average Bonchev–Trinajstić information content (AvgIpc) is 3.07. The molecule has 0 spiro atoms. The Kier molecular flexibility index (Phi) is 12.2. The highest BCUT2D eigenvalue weighted by Gasteiger charge is 2.19. The second-order valence-corrected chi connectivity index (χ2v) is 11.9. The van der Waals surface area contributed by atoms with Crippen LogP contribution < -0.4 is 26.7 Å². The van der Waals surface area contributed by atoms with E-state index in [1.54, 1.807) is 24.3 Å². The van der Waals surface area contributed by atoms with Gasteiger partial charge in [0.05, 0.1) is 29.5 Å². The number of hydrogen-bond donors (Lipinski definition) is 3. The molecule has 0 fully saturated rings. The summed E-state index contributed by atoms with van der Waals surface area (Å²) in [5.41, 5.74) is 8.14. The van der Waals surface area contributed by atoms with Crippen LogP contribution in [0.4, 0.5) is 22.0 Å². The van der Waals surface area contributed by atoms with Gasteiger partial charge in [-0.15, -0.1) is 0 Å². The first-order valence-electron chi connectivity index (χ1n) is 15.6. The van der Waals surface area contributed by atoms with Gasteiger partial charge >= 0.3 is 6.09 Å². The van der Waals surface area contributed by atoms with Crippen molar-refractivity contribution in [2.75, 3.05) is 17.7 Å². The van der Waals surface area contributed by atoms with Crippen molar-refractivity contribution in [3.63, 3.8) is 0 Å². The fourth-order valence-corrected chi connectivity index (χ4v) is 4.56. The molecule has 14 heteroatoms. The number of hydrogen-bond acceptors (Lipinski definition) is 10. The zero-order valence-corrected chi connectivity index (χ0v) is 27.7. The number of aromatic nitrogens is 2. The topological polar surface area (TPSA) is 193 Å². The van der Waals surface area contributed by atoms with Crippen molar-refractivity contribution in [1.29, 1.82) is 0 Å². The molecule has 0 bridgehead atoms. The predicted octanol–water partition coefficient (Wildman–Crippen LogP) is 5.33. The standard InChI is InChI=1S/C35H39N7O7/c1-22(2)20-48-29-14-27(13-28(15-29)42(46)47)31-18-38-33(40-23(3)4)34(44)41(31)19-32(43)37-16-25-10-11-26(30(36)12-25)17-39-35(45)49-21-24-8-6-5-7-9-24/h5-15,17-18,22-23H,16,19-21,36H2,1-4H3,(H,37,43)(H,38,40)/b39-17-. The van der Waals surface area contributed by atoms with E-state index >= 15 is 0 Å². The lowest BCUT2D eigenvalue weighted by atomic mass is 10.1. The summed E-state index contributed by atoms with van der Waals surface area (Å²) in [4.78, 5) is 58.1. The maximum Gasteiger partial charge on any atom is 0.433 e. The Morgan fingerprint density at radius 3 is 2.49 bits per heavy atom. The number of ether oxygens (including phenoxy) is 2. The molecule has 0 aliphatic heterocycles. The molecule has 0 radical (unpaired) electrons. The van der Waals surface area contributed by atoms with E-state index in [1.165, 1.54) is 29.1 Å². The largest absolute Gasteiger partial charge is 0.493 e.